The molecule has 0 fully saturated rings. The molecule has 0 saturated carbocycles. The quantitative estimate of drug-likeness (QED) is 0.648. The summed E-state index contributed by atoms with van der Waals surface area (Å²) in [6.07, 6.45) is 0.264. The normalized spacial score (nSPS) is 10.1. The van der Waals surface area contributed by atoms with Crippen molar-refractivity contribution < 1.29 is 23.8 Å². The molecule has 0 aliphatic carbocycles. The van der Waals surface area contributed by atoms with Gasteiger partial charge in [-0.05, 0) is 24.6 Å². The zero-order valence-electron chi connectivity index (χ0n) is 11.9. The van der Waals surface area contributed by atoms with Gasteiger partial charge in [-0.15, -0.1) is 0 Å². The lowest BCUT2D eigenvalue weighted by atomic mass is 10.2. The van der Waals surface area contributed by atoms with Gasteiger partial charge in [0.05, 0.1) is 26.7 Å². The molecule has 0 aliphatic heterocycles. The molecule has 0 amide bonds. The molecule has 0 radical (unpaired) electrons. The lowest BCUT2D eigenvalue weighted by Gasteiger charge is -2.05. The molecule has 110 valence electrons. The topological polar surface area (TPSA) is 61.8 Å². The van der Waals surface area contributed by atoms with Crippen molar-refractivity contribution in [3.05, 3.63) is 29.8 Å². The summed E-state index contributed by atoms with van der Waals surface area (Å²) in [5.41, 5.74) is 0.962. The van der Waals surface area contributed by atoms with Crippen LogP contribution in [-0.2, 0) is 25.7 Å². The van der Waals surface area contributed by atoms with E-state index in [1.54, 1.807) is 14.0 Å². The Labute approximate surface area is 118 Å². The van der Waals surface area contributed by atoms with Crippen LogP contribution in [0.15, 0.2) is 24.3 Å². The largest absolute Gasteiger partial charge is 0.497 e. The first-order chi connectivity index (χ1) is 9.65. The third kappa shape index (κ3) is 6.33. The Bertz CT molecular complexity index is 424. The molecule has 0 bridgehead atoms. The molecule has 5 heteroatoms. The van der Waals surface area contributed by atoms with Crippen LogP contribution in [0.5, 0.6) is 5.75 Å². The molecule has 0 N–H and O–H groups in total. The van der Waals surface area contributed by atoms with Crippen LogP contribution in [0, 0.1) is 0 Å². The Kier molecular flexibility index (Phi) is 7.35. The van der Waals surface area contributed by atoms with Gasteiger partial charge in [0.15, 0.2) is 5.78 Å². The first-order valence-electron chi connectivity index (χ1n) is 6.53. The fourth-order valence-electron chi connectivity index (χ4n) is 1.55. The van der Waals surface area contributed by atoms with Gasteiger partial charge in [-0.1, -0.05) is 12.1 Å². The number of benzene rings is 1. The maximum Gasteiger partial charge on any atom is 0.306 e. The molecule has 0 saturated heterocycles. The van der Waals surface area contributed by atoms with E-state index in [1.807, 2.05) is 24.3 Å². The van der Waals surface area contributed by atoms with Crippen LogP contribution >= 0.6 is 0 Å². The highest BCUT2D eigenvalue weighted by Gasteiger charge is 2.07. The highest BCUT2D eigenvalue weighted by atomic mass is 16.5. The number of methoxy groups -OCH3 is 1. The minimum absolute atomic E-state index is 0.00539. The Hall–Kier alpha value is -1.88. The predicted molar refractivity (Wildman–Crippen MR) is 73.5 cm³/mol. The second-order valence-electron chi connectivity index (χ2n) is 4.18. The van der Waals surface area contributed by atoms with Gasteiger partial charge in [-0.3, -0.25) is 9.59 Å². The van der Waals surface area contributed by atoms with Crippen molar-refractivity contribution in [3.8, 4) is 5.75 Å². The highest BCUT2D eigenvalue weighted by molar-refractivity contribution is 5.83. The molecule has 1 rings (SSSR count). The fraction of sp³-hybridized carbons (Fsp3) is 0.467. The Balaban J connectivity index is 2.19. The molecule has 0 aromatic heterocycles. The van der Waals surface area contributed by atoms with E-state index in [0.29, 0.717) is 13.2 Å². The summed E-state index contributed by atoms with van der Waals surface area (Å²) in [6.45, 7) is 2.43. The van der Waals surface area contributed by atoms with Gasteiger partial charge < -0.3 is 14.2 Å². The second-order valence-corrected chi connectivity index (χ2v) is 4.18. The number of hydrogen-bond acceptors (Lipinski definition) is 5. The number of ether oxygens (including phenoxy) is 3. The van der Waals surface area contributed by atoms with Gasteiger partial charge in [0.2, 0.25) is 0 Å². The van der Waals surface area contributed by atoms with E-state index >= 15 is 0 Å². The minimum atomic E-state index is -0.351. The maximum atomic E-state index is 11.5. The van der Waals surface area contributed by atoms with Crippen molar-refractivity contribution in [2.75, 3.05) is 20.3 Å². The summed E-state index contributed by atoms with van der Waals surface area (Å²) >= 11 is 0. The molecule has 5 nitrogen and oxygen atoms in total. The van der Waals surface area contributed by atoms with E-state index in [1.165, 1.54) is 0 Å². The van der Waals surface area contributed by atoms with Crippen LogP contribution in [0.25, 0.3) is 0 Å². The lowest BCUT2D eigenvalue weighted by Crippen LogP contribution is -2.12. The summed E-state index contributed by atoms with van der Waals surface area (Å²) in [4.78, 5) is 22.6. The van der Waals surface area contributed by atoms with Gasteiger partial charge in [0.25, 0.3) is 0 Å². The van der Waals surface area contributed by atoms with Gasteiger partial charge in [0, 0.05) is 6.42 Å². The first-order valence-corrected chi connectivity index (χ1v) is 6.53. The van der Waals surface area contributed by atoms with Gasteiger partial charge in [0.1, 0.15) is 12.4 Å². The molecule has 0 spiro atoms. The van der Waals surface area contributed by atoms with Crippen molar-refractivity contribution >= 4 is 11.8 Å². The molecule has 0 aliphatic rings. The number of carbonyl (C=O) groups is 2. The second kappa shape index (κ2) is 9.09. The predicted octanol–water partition coefficient (Wildman–Crippen LogP) is 2.12. The molecule has 20 heavy (non-hydrogen) atoms. The zero-order valence-corrected chi connectivity index (χ0v) is 11.9. The standard InChI is InChI=1S/C15H20O5/c1-3-20-15(17)9-6-13(16)11-19-10-12-4-7-14(18-2)8-5-12/h4-5,7-8H,3,6,9-11H2,1-2H3. The minimum Gasteiger partial charge on any atom is -0.497 e. The molecule has 1 aromatic rings. The molecule has 0 unspecified atom stereocenters. The van der Waals surface area contributed by atoms with E-state index in [-0.39, 0.29) is 31.2 Å². The van der Waals surface area contributed by atoms with Crippen LogP contribution in [0.3, 0.4) is 0 Å². The third-order valence-corrected chi connectivity index (χ3v) is 2.60. The van der Waals surface area contributed by atoms with E-state index in [2.05, 4.69) is 0 Å². The summed E-state index contributed by atoms with van der Waals surface area (Å²) in [5, 5.41) is 0. The van der Waals surface area contributed by atoms with E-state index in [0.717, 1.165) is 11.3 Å². The number of hydrogen-bond donors (Lipinski definition) is 0. The Morgan fingerprint density at radius 2 is 1.80 bits per heavy atom. The lowest BCUT2D eigenvalue weighted by molar-refractivity contribution is -0.144. The summed E-state index contributed by atoms with van der Waals surface area (Å²) in [5.74, 6) is 0.321. The van der Waals surface area contributed by atoms with E-state index in [9.17, 15) is 9.59 Å². The maximum absolute atomic E-state index is 11.5. The monoisotopic (exact) mass is 280 g/mol. The number of esters is 1. The summed E-state index contributed by atoms with van der Waals surface area (Å²) in [7, 11) is 1.60. The van der Waals surface area contributed by atoms with Gasteiger partial charge in [-0.2, -0.15) is 0 Å². The molecule has 0 atom stereocenters. The number of Topliss-reactive ketones (excluding diaryl/α,β-unsaturated/α-hetero) is 1. The third-order valence-electron chi connectivity index (χ3n) is 2.60. The molecular weight excluding hydrogens is 260 g/mol. The average molecular weight is 280 g/mol. The van der Waals surface area contributed by atoms with Crippen LogP contribution < -0.4 is 4.74 Å². The fourth-order valence-corrected chi connectivity index (χ4v) is 1.55. The molecular formula is C15H20O5. The SMILES string of the molecule is CCOC(=O)CCC(=O)COCc1ccc(OC)cc1. The van der Waals surface area contributed by atoms with Crippen molar-refractivity contribution in [2.45, 2.75) is 26.4 Å². The van der Waals surface area contributed by atoms with E-state index in [4.69, 9.17) is 14.2 Å². The van der Waals surface area contributed by atoms with Crippen LogP contribution in [0.2, 0.25) is 0 Å². The number of carbonyl (C=O) groups excluding carboxylic acids is 2. The number of ketones is 1. The first kappa shape index (κ1) is 16.2. The van der Waals surface area contributed by atoms with Gasteiger partial charge in [-0.25, -0.2) is 0 Å². The molecule has 0 heterocycles. The number of rotatable bonds is 9. The summed E-state index contributed by atoms with van der Waals surface area (Å²) < 4.78 is 15.1. The Morgan fingerprint density at radius 1 is 1.10 bits per heavy atom. The van der Waals surface area contributed by atoms with Crippen molar-refractivity contribution in [3.63, 3.8) is 0 Å². The summed E-state index contributed by atoms with van der Waals surface area (Å²) in [6, 6.07) is 7.42. The van der Waals surface area contributed by atoms with Crippen LogP contribution in [0.1, 0.15) is 25.3 Å². The average Bonchev–Trinajstić information content (AvgIpc) is 2.46. The highest BCUT2D eigenvalue weighted by Crippen LogP contribution is 2.11. The van der Waals surface area contributed by atoms with Crippen molar-refractivity contribution in [2.24, 2.45) is 0 Å². The smallest absolute Gasteiger partial charge is 0.306 e. The van der Waals surface area contributed by atoms with E-state index < -0.39 is 0 Å². The zero-order chi connectivity index (χ0) is 14.8. The van der Waals surface area contributed by atoms with Crippen molar-refractivity contribution in [1.82, 2.24) is 0 Å². The molecule has 1 aromatic carbocycles. The van der Waals surface area contributed by atoms with Crippen molar-refractivity contribution in [1.29, 1.82) is 0 Å². The van der Waals surface area contributed by atoms with Gasteiger partial charge >= 0.3 is 5.97 Å². The van der Waals surface area contributed by atoms with Crippen LogP contribution in [0.4, 0.5) is 0 Å². The van der Waals surface area contributed by atoms with Crippen LogP contribution in [-0.4, -0.2) is 32.1 Å². The Morgan fingerprint density at radius 3 is 2.40 bits per heavy atom.